The summed E-state index contributed by atoms with van der Waals surface area (Å²) in [5.41, 5.74) is 7.38. The second kappa shape index (κ2) is 3.72. The van der Waals surface area contributed by atoms with Crippen molar-refractivity contribution in [3.8, 4) is 0 Å². The zero-order valence-electron chi connectivity index (χ0n) is 11.4. The van der Waals surface area contributed by atoms with Crippen LogP contribution in [0.5, 0.6) is 0 Å². The molecular weight excluding hydrogens is 250 g/mol. The summed E-state index contributed by atoms with van der Waals surface area (Å²) in [5, 5.41) is 0. The fourth-order valence-corrected chi connectivity index (χ4v) is 3.47. The highest BCUT2D eigenvalue weighted by Crippen LogP contribution is 2.53. The summed E-state index contributed by atoms with van der Waals surface area (Å²) in [7, 11) is 1.71. The van der Waals surface area contributed by atoms with Gasteiger partial charge in [0.05, 0.1) is 0 Å². The molecule has 0 radical (unpaired) electrons. The van der Waals surface area contributed by atoms with Gasteiger partial charge >= 0.3 is 0 Å². The second-order valence-corrected chi connectivity index (χ2v) is 5.87. The van der Waals surface area contributed by atoms with Crippen LogP contribution < -0.4 is 5.73 Å². The zero-order chi connectivity index (χ0) is 13.9. The fraction of sp³-hybridized carbons (Fsp3) is 0.375. The van der Waals surface area contributed by atoms with Crippen molar-refractivity contribution in [1.29, 1.82) is 0 Å². The molecule has 0 spiro atoms. The van der Waals surface area contributed by atoms with Crippen LogP contribution in [0.25, 0.3) is 0 Å². The Bertz CT molecular complexity index is 649. The molecule has 20 heavy (non-hydrogen) atoms. The molecule has 1 heterocycles. The molecular formula is C16H17N3O. The highest BCUT2D eigenvalue weighted by molar-refractivity contribution is 6.09. The van der Waals surface area contributed by atoms with E-state index >= 15 is 0 Å². The molecule has 102 valence electrons. The normalized spacial score (nSPS) is 35.0. The minimum Gasteiger partial charge on any atom is -0.369 e. The Balaban J connectivity index is 1.88. The average Bonchev–Trinajstić information content (AvgIpc) is 3.15. The number of amides is 1. The van der Waals surface area contributed by atoms with Gasteiger partial charge in [0.25, 0.3) is 5.91 Å². The molecule has 3 aliphatic carbocycles. The third-order valence-electron chi connectivity index (χ3n) is 4.69. The molecule has 0 aromatic carbocycles. The molecule has 2 N–H and O–H groups in total. The maximum atomic E-state index is 12.8. The Morgan fingerprint density at radius 2 is 2.00 bits per heavy atom. The lowest BCUT2D eigenvalue weighted by Crippen LogP contribution is -2.45. The van der Waals surface area contributed by atoms with Gasteiger partial charge in [-0.1, -0.05) is 36.5 Å². The molecule has 0 bridgehead atoms. The Hall–Kier alpha value is -2.10. The maximum Gasteiger partial charge on any atom is 0.261 e. The molecule has 0 saturated heterocycles. The molecule has 4 nitrogen and oxygen atoms in total. The first-order valence-corrected chi connectivity index (χ1v) is 7.06. The highest BCUT2D eigenvalue weighted by Gasteiger charge is 2.59. The van der Waals surface area contributed by atoms with Gasteiger partial charge in [0.1, 0.15) is 0 Å². The van der Waals surface area contributed by atoms with E-state index in [0.29, 0.717) is 11.9 Å². The Morgan fingerprint density at radius 3 is 2.60 bits per heavy atom. The number of allylic oxidation sites excluding steroid dienone is 6. The van der Waals surface area contributed by atoms with Crippen molar-refractivity contribution >= 4 is 11.9 Å². The Morgan fingerprint density at radius 1 is 1.30 bits per heavy atom. The molecule has 1 fully saturated rings. The number of carbonyl (C=O) groups excluding carboxylic acids is 1. The van der Waals surface area contributed by atoms with E-state index in [1.54, 1.807) is 7.05 Å². The number of rotatable bonds is 2. The van der Waals surface area contributed by atoms with Crippen molar-refractivity contribution in [2.24, 2.45) is 22.6 Å². The van der Waals surface area contributed by atoms with Crippen molar-refractivity contribution in [2.45, 2.75) is 18.4 Å². The number of carbonyl (C=O) groups is 1. The van der Waals surface area contributed by atoms with Crippen molar-refractivity contribution in [3.05, 3.63) is 47.6 Å². The summed E-state index contributed by atoms with van der Waals surface area (Å²) in [6.07, 6.45) is 14.6. The molecule has 4 heteroatoms. The third kappa shape index (κ3) is 1.31. The number of nitrogens with two attached hydrogens (primary N) is 1. The predicted octanol–water partition coefficient (Wildman–Crippen LogP) is 1.53. The molecule has 1 saturated carbocycles. The van der Waals surface area contributed by atoms with Crippen LogP contribution in [0.15, 0.2) is 52.6 Å². The summed E-state index contributed by atoms with van der Waals surface area (Å²) in [4.78, 5) is 18.9. The lowest BCUT2D eigenvalue weighted by atomic mass is 9.75. The van der Waals surface area contributed by atoms with Gasteiger partial charge in [-0.25, -0.2) is 4.99 Å². The number of guanidine groups is 1. The van der Waals surface area contributed by atoms with Gasteiger partial charge in [-0.05, 0) is 29.9 Å². The summed E-state index contributed by atoms with van der Waals surface area (Å²) in [6, 6.07) is 0. The van der Waals surface area contributed by atoms with Gasteiger partial charge in [0, 0.05) is 13.0 Å². The van der Waals surface area contributed by atoms with Gasteiger partial charge in [0.2, 0.25) is 0 Å². The van der Waals surface area contributed by atoms with Crippen LogP contribution in [0.2, 0.25) is 0 Å². The lowest BCUT2D eigenvalue weighted by molar-refractivity contribution is -0.129. The van der Waals surface area contributed by atoms with Crippen LogP contribution in [-0.2, 0) is 4.79 Å². The fourth-order valence-electron chi connectivity index (χ4n) is 3.47. The van der Waals surface area contributed by atoms with E-state index < -0.39 is 5.54 Å². The number of fused-ring (bicyclic) bond motifs is 1. The Labute approximate surface area is 118 Å². The molecule has 4 aliphatic rings. The maximum absolute atomic E-state index is 12.8. The summed E-state index contributed by atoms with van der Waals surface area (Å²) in [6.45, 7) is 0. The number of nitrogens with zero attached hydrogens (tertiary/aromatic N) is 2. The molecule has 0 aromatic heterocycles. The van der Waals surface area contributed by atoms with E-state index in [1.807, 2.05) is 12.2 Å². The van der Waals surface area contributed by atoms with Gasteiger partial charge in [0.15, 0.2) is 11.5 Å². The SMILES string of the molecule is CN1C(=O)C(C2=CC=CC3C=CC=C23)(C2CC2)N=C1N. The zero-order valence-corrected chi connectivity index (χ0v) is 11.4. The van der Waals surface area contributed by atoms with Crippen molar-refractivity contribution in [3.63, 3.8) is 0 Å². The summed E-state index contributed by atoms with van der Waals surface area (Å²) < 4.78 is 0. The van der Waals surface area contributed by atoms with Crippen molar-refractivity contribution in [1.82, 2.24) is 4.90 Å². The molecule has 1 amide bonds. The summed E-state index contributed by atoms with van der Waals surface area (Å²) in [5.74, 6) is 0.921. The minimum absolute atomic E-state index is 0.0191. The van der Waals surface area contributed by atoms with Crippen LogP contribution in [0.4, 0.5) is 0 Å². The van der Waals surface area contributed by atoms with E-state index in [2.05, 4.69) is 29.3 Å². The quantitative estimate of drug-likeness (QED) is 0.825. The number of likely N-dealkylation sites (N-methyl/N-ethyl adjacent to an activating group) is 1. The van der Waals surface area contributed by atoms with Crippen LogP contribution in [0.3, 0.4) is 0 Å². The van der Waals surface area contributed by atoms with E-state index in [-0.39, 0.29) is 11.8 Å². The monoisotopic (exact) mass is 267 g/mol. The van der Waals surface area contributed by atoms with Gasteiger partial charge < -0.3 is 5.73 Å². The van der Waals surface area contributed by atoms with Crippen molar-refractivity contribution < 1.29 is 4.79 Å². The molecule has 1 aliphatic heterocycles. The largest absolute Gasteiger partial charge is 0.369 e. The summed E-state index contributed by atoms with van der Waals surface area (Å²) >= 11 is 0. The molecule has 4 rings (SSSR count). The molecule has 2 atom stereocenters. The topological polar surface area (TPSA) is 58.7 Å². The molecule has 0 aromatic rings. The van der Waals surface area contributed by atoms with Gasteiger partial charge in [-0.3, -0.25) is 9.69 Å². The van der Waals surface area contributed by atoms with Crippen LogP contribution in [0, 0.1) is 11.8 Å². The van der Waals surface area contributed by atoms with Crippen LogP contribution in [-0.4, -0.2) is 29.4 Å². The number of aliphatic imine (C=N–C) groups is 1. The standard InChI is InChI=1S/C16H17N3O/c1-19-14(20)16(11-8-9-11,18-15(19)17)13-7-3-5-10-4-2-6-12(10)13/h2-7,10-11H,8-9H2,1H3,(H2,17,18). The van der Waals surface area contributed by atoms with Crippen LogP contribution >= 0.6 is 0 Å². The van der Waals surface area contributed by atoms with E-state index in [9.17, 15) is 4.79 Å². The Kier molecular flexibility index (Phi) is 2.18. The van der Waals surface area contributed by atoms with E-state index in [0.717, 1.165) is 18.4 Å². The number of hydrogen-bond acceptors (Lipinski definition) is 3. The van der Waals surface area contributed by atoms with E-state index in [4.69, 9.17) is 5.73 Å². The van der Waals surface area contributed by atoms with Crippen LogP contribution in [0.1, 0.15) is 12.8 Å². The smallest absolute Gasteiger partial charge is 0.261 e. The first-order valence-electron chi connectivity index (χ1n) is 7.06. The number of hydrogen-bond donors (Lipinski definition) is 1. The first-order chi connectivity index (χ1) is 9.64. The predicted molar refractivity (Wildman–Crippen MR) is 77.8 cm³/mol. The minimum atomic E-state index is -0.778. The van der Waals surface area contributed by atoms with Gasteiger partial charge in [-0.15, -0.1) is 0 Å². The van der Waals surface area contributed by atoms with Crippen molar-refractivity contribution in [2.75, 3.05) is 7.05 Å². The first kappa shape index (κ1) is 11.7. The molecule has 2 unspecified atom stereocenters. The average molecular weight is 267 g/mol. The van der Waals surface area contributed by atoms with Gasteiger partial charge in [-0.2, -0.15) is 0 Å². The van der Waals surface area contributed by atoms with E-state index in [1.165, 1.54) is 10.5 Å². The highest BCUT2D eigenvalue weighted by atomic mass is 16.2. The lowest BCUT2D eigenvalue weighted by Gasteiger charge is -2.31. The second-order valence-electron chi connectivity index (χ2n) is 5.87. The third-order valence-corrected chi connectivity index (χ3v) is 4.69.